The summed E-state index contributed by atoms with van der Waals surface area (Å²) in [6.45, 7) is 6.33. The lowest BCUT2D eigenvalue weighted by Crippen LogP contribution is -2.53. The molecule has 0 radical (unpaired) electrons. The molecule has 0 spiro atoms. The number of rotatable bonds is 6. The van der Waals surface area contributed by atoms with Crippen LogP contribution < -0.4 is 10.1 Å². The summed E-state index contributed by atoms with van der Waals surface area (Å²) in [5, 5.41) is 14.5. The molecule has 1 aliphatic rings. The fourth-order valence-electron chi connectivity index (χ4n) is 4.75. The average Bonchev–Trinajstić information content (AvgIpc) is 3.19. The number of fused-ring (bicyclic) bond motifs is 2. The molecule has 34 heavy (non-hydrogen) atoms. The van der Waals surface area contributed by atoms with Crippen molar-refractivity contribution < 1.29 is 27.4 Å². The third-order valence-corrected chi connectivity index (χ3v) is 6.52. The van der Waals surface area contributed by atoms with E-state index in [9.17, 15) is 22.7 Å². The highest BCUT2D eigenvalue weighted by molar-refractivity contribution is 5.93. The Morgan fingerprint density at radius 1 is 1.09 bits per heavy atom. The van der Waals surface area contributed by atoms with Crippen LogP contribution in [0, 0.1) is 19.7 Å². The predicted molar refractivity (Wildman–Crippen MR) is 124 cm³/mol. The first-order valence-electron chi connectivity index (χ1n) is 11.2. The largest absolute Gasteiger partial charge is 0.493 e. The van der Waals surface area contributed by atoms with Crippen LogP contribution in [0.3, 0.4) is 0 Å². The van der Waals surface area contributed by atoms with Crippen molar-refractivity contribution in [3.8, 4) is 5.75 Å². The van der Waals surface area contributed by atoms with Crippen LogP contribution in [0.4, 0.5) is 23.2 Å². The lowest BCUT2D eigenvalue weighted by atomic mass is 9.74. The number of pyridine rings is 1. The number of aliphatic hydroxyl groups is 1. The van der Waals surface area contributed by atoms with Gasteiger partial charge in [0.1, 0.15) is 11.6 Å². The van der Waals surface area contributed by atoms with E-state index < -0.39 is 36.0 Å². The minimum Gasteiger partial charge on any atom is -0.493 e. The van der Waals surface area contributed by atoms with Crippen molar-refractivity contribution in [3.63, 3.8) is 0 Å². The Balaban J connectivity index is 1.68. The molecule has 2 heterocycles. The van der Waals surface area contributed by atoms with Crippen LogP contribution in [-0.2, 0) is 11.8 Å². The highest BCUT2D eigenvalue weighted by atomic mass is 19.4. The molecule has 8 heteroatoms. The Morgan fingerprint density at radius 2 is 1.82 bits per heavy atom. The molecule has 0 aliphatic carbocycles. The normalized spacial score (nSPS) is 15.7. The van der Waals surface area contributed by atoms with Crippen LogP contribution in [0.25, 0.3) is 10.9 Å². The van der Waals surface area contributed by atoms with Gasteiger partial charge in [0.25, 0.3) is 0 Å². The van der Waals surface area contributed by atoms with E-state index in [4.69, 9.17) is 4.74 Å². The van der Waals surface area contributed by atoms with Crippen LogP contribution in [0.1, 0.15) is 42.7 Å². The molecule has 0 fully saturated rings. The van der Waals surface area contributed by atoms with E-state index in [1.54, 1.807) is 39.0 Å². The van der Waals surface area contributed by atoms with E-state index in [2.05, 4.69) is 10.3 Å². The molecule has 0 amide bonds. The molecule has 3 aromatic rings. The Labute approximate surface area is 196 Å². The number of hydrogen-bond donors (Lipinski definition) is 2. The summed E-state index contributed by atoms with van der Waals surface area (Å²) >= 11 is 0. The number of hydrogen-bond acceptors (Lipinski definition) is 4. The average molecular weight is 477 g/mol. The second-order valence-corrected chi connectivity index (χ2v) is 9.76. The van der Waals surface area contributed by atoms with Gasteiger partial charge in [0.2, 0.25) is 0 Å². The van der Waals surface area contributed by atoms with Gasteiger partial charge in [0, 0.05) is 34.3 Å². The van der Waals surface area contributed by atoms with Gasteiger partial charge in [-0.05, 0) is 61.6 Å². The topological polar surface area (TPSA) is 54.4 Å². The Morgan fingerprint density at radius 3 is 2.53 bits per heavy atom. The van der Waals surface area contributed by atoms with Gasteiger partial charge >= 0.3 is 6.18 Å². The zero-order valence-corrected chi connectivity index (χ0v) is 19.6. The lowest BCUT2D eigenvalue weighted by molar-refractivity contribution is -0.260. The molecule has 0 saturated carbocycles. The number of aromatic nitrogens is 1. The number of benzene rings is 2. The van der Waals surface area contributed by atoms with E-state index in [0.29, 0.717) is 46.5 Å². The van der Waals surface area contributed by atoms with E-state index in [1.165, 1.54) is 12.1 Å². The van der Waals surface area contributed by atoms with Gasteiger partial charge in [0.15, 0.2) is 5.60 Å². The van der Waals surface area contributed by atoms with Crippen LogP contribution in [-0.4, -0.2) is 35.0 Å². The molecule has 1 unspecified atom stereocenters. The summed E-state index contributed by atoms with van der Waals surface area (Å²) in [5.74, 6) is -0.120. The smallest absolute Gasteiger partial charge is 0.418 e. The molecule has 1 atom stereocenters. The van der Waals surface area contributed by atoms with Gasteiger partial charge in [-0.1, -0.05) is 19.9 Å². The lowest BCUT2D eigenvalue weighted by Gasteiger charge is -2.38. The minimum atomic E-state index is -4.93. The van der Waals surface area contributed by atoms with Crippen LogP contribution >= 0.6 is 0 Å². The van der Waals surface area contributed by atoms with E-state index in [1.807, 2.05) is 13.0 Å². The maximum atomic E-state index is 14.3. The maximum absolute atomic E-state index is 14.3. The molecule has 4 nitrogen and oxygen atoms in total. The highest BCUT2D eigenvalue weighted by Crippen LogP contribution is 2.46. The summed E-state index contributed by atoms with van der Waals surface area (Å²) in [6, 6.07) is 9.73. The third kappa shape index (κ3) is 4.43. The molecule has 1 aromatic heterocycles. The van der Waals surface area contributed by atoms with Crippen LogP contribution in [0.2, 0.25) is 0 Å². The fourth-order valence-corrected chi connectivity index (χ4v) is 4.75. The van der Waals surface area contributed by atoms with E-state index in [0.717, 1.165) is 11.3 Å². The Hall–Kier alpha value is -2.87. The second kappa shape index (κ2) is 8.41. The fraction of sp³-hybridized carbons (Fsp3) is 0.423. The van der Waals surface area contributed by atoms with Crippen molar-refractivity contribution in [2.45, 2.75) is 57.7 Å². The number of ether oxygens (including phenoxy) is 1. The first kappa shape index (κ1) is 24.3. The van der Waals surface area contributed by atoms with Crippen molar-refractivity contribution in [2.24, 2.45) is 0 Å². The van der Waals surface area contributed by atoms with Crippen molar-refractivity contribution in [1.29, 1.82) is 0 Å². The molecule has 0 bridgehead atoms. The highest BCUT2D eigenvalue weighted by Gasteiger charge is 2.56. The molecule has 4 rings (SSSR count). The van der Waals surface area contributed by atoms with Crippen molar-refractivity contribution in [3.05, 3.63) is 64.6 Å². The number of alkyl halides is 3. The van der Waals surface area contributed by atoms with Crippen molar-refractivity contribution >= 4 is 16.6 Å². The third-order valence-electron chi connectivity index (χ3n) is 6.52. The first-order valence-corrected chi connectivity index (χ1v) is 11.2. The molecule has 2 N–H and O–H groups in total. The van der Waals surface area contributed by atoms with Gasteiger partial charge in [0.05, 0.1) is 18.7 Å². The van der Waals surface area contributed by atoms with Crippen molar-refractivity contribution in [2.75, 3.05) is 18.5 Å². The number of nitrogens with zero attached hydrogens (tertiary/aromatic N) is 1. The van der Waals surface area contributed by atoms with Gasteiger partial charge in [-0.25, -0.2) is 4.39 Å². The van der Waals surface area contributed by atoms with Gasteiger partial charge < -0.3 is 15.2 Å². The SMILES string of the molecule is Cc1ccc2c(NCC(O)(CC(C)(C)c3cc(F)cc4c3OCC4)C(F)(F)F)c(C)ccc2n1. The van der Waals surface area contributed by atoms with Crippen LogP contribution in [0.5, 0.6) is 5.75 Å². The van der Waals surface area contributed by atoms with E-state index >= 15 is 0 Å². The first-order chi connectivity index (χ1) is 15.8. The Bertz CT molecular complexity index is 1240. The van der Waals surface area contributed by atoms with Crippen molar-refractivity contribution in [1.82, 2.24) is 4.98 Å². The molecular formula is C26H28F4N2O2. The molecular weight excluding hydrogens is 448 g/mol. The quantitative estimate of drug-likeness (QED) is 0.429. The van der Waals surface area contributed by atoms with Gasteiger partial charge in [-0.15, -0.1) is 0 Å². The molecule has 0 saturated heterocycles. The zero-order valence-electron chi connectivity index (χ0n) is 19.6. The molecule has 182 valence electrons. The number of halogens is 4. The summed E-state index contributed by atoms with van der Waals surface area (Å²) < 4.78 is 62.7. The zero-order chi connectivity index (χ0) is 24.9. The monoisotopic (exact) mass is 476 g/mol. The van der Waals surface area contributed by atoms with Gasteiger partial charge in [-0.3, -0.25) is 4.98 Å². The summed E-state index contributed by atoms with van der Waals surface area (Å²) in [4.78, 5) is 4.44. The number of aryl methyl sites for hydroxylation is 2. The standard InChI is InChI=1S/C26H28F4N2O2/c1-15-5-8-21-19(7-6-16(2)32-21)22(15)31-14-25(33,26(28,29)30)13-24(3,4)20-12-18(27)11-17-9-10-34-23(17)20/h5-8,11-12,31,33H,9-10,13-14H2,1-4H3. The maximum Gasteiger partial charge on any atom is 0.418 e. The number of anilines is 1. The molecule has 1 aliphatic heterocycles. The number of nitrogens with one attached hydrogen (secondary N) is 1. The second-order valence-electron chi connectivity index (χ2n) is 9.76. The van der Waals surface area contributed by atoms with Gasteiger partial charge in [-0.2, -0.15) is 13.2 Å². The minimum absolute atomic E-state index is 0.323. The van der Waals surface area contributed by atoms with Crippen LogP contribution in [0.15, 0.2) is 36.4 Å². The summed E-state index contributed by atoms with van der Waals surface area (Å²) in [5.41, 5.74) is -0.693. The summed E-state index contributed by atoms with van der Waals surface area (Å²) in [7, 11) is 0. The van der Waals surface area contributed by atoms with E-state index in [-0.39, 0.29) is 0 Å². The molecule has 2 aromatic carbocycles. The summed E-state index contributed by atoms with van der Waals surface area (Å²) in [6.07, 6.45) is -5.12. The Kier molecular flexibility index (Phi) is 6.00. The predicted octanol–water partition coefficient (Wildman–Crippen LogP) is 6.00.